The van der Waals surface area contributed by atoms with E-state index in [9.17, 15) is 0 Å². The van der Waals surface area contributed by atoms with Gasteiger partial charge in [0, 0.05) is 5.25 Å². The lowest BCUT2D eigenvalue weighted by molar-refractivity contribution is 0.809. The summed E-state index contributed by atoms with van der Waals surface area (Å²) in [6.07, 6.45) is 3.75. The molecule has 0 rings (SSSR count). The number of nitrogens with two attached hydrogens (primary N) is 1. The van der Waals surface area contributed by atoms with Gasteiger partial charge in [-0.3, -0.25) is 0 Å². The molecule has 0 aliphatic heterocycles. The van der Waals surface area contributed by atoms with E-state index in [-0.39, 0.29) is 0 Å². The molecule has 0 saturated carbocycles. The maximum absolute atomic E-state index is 5.37. The summed E-state index contributed by atoms with van der Waals surface area (Å²) in [6.45, 7) is 5.37. The van der Waals surface area contributed by atoms with E-state index in [2.05, 4.69) is 25.6 Å². The van der Waals surface area contributed by atoms with Crippen molar-refractivity contribution in [2.45, 2.75) is 38.4 Å². The van der Waals surface area contributed by atoms with Gasteiger partial charge in [0.05, 0.1) is 0 Å². The lowest BCUT2D eigenvalue weighted by Crippen LogP contribution is -2.00. The Balaban J connectivity index is 2.89. The number of unbranched alkanes of at least 4 members (excludes halogenated alkanes) is 1. The first-order chi connectivity index (χ1) is 4.81. The first-order valence-corrected chi connectivity index (χ1v) is 5.17. The Labute approximate surface area is 68.8 Å². The molecule has 0 saturated heterocycles. The molecule has 62 valence electrons. The van der Waals surface area contributed by atoms with Gasteiger partial charge in [0.15, 0.2) is 0 Å². The second kappa shape index (κ2) is 7.42. The number of rotatable bonds is 6. The molecule has 0 spiro atoms. The molecule has 0 fully saturated rings. The molecule has 0 heterocycles. The Bertz CT molecular complexity index is 66.3. The fraction of sp³-hybridized carbons (Fsp3) is 1.00. The van der Waals surface area contributed by atoms with Crippen LogP contribution in [0.4, 0.5) is 0 Å². The molecule has 0 aromatic heterocycles. The quantitative estimate of drug-likeness (QED) is 0.605. The van der Waals surface area contributed by atoms with Gasteiger partial charge in [0.2, 0.25) is 0 Å². The van der Waals surface area contributed by atoms with Crippen LogP contribution in [0.1, 0.15) is 33.1 Å². The molecule has 0 aliphatic rings. The van der Waals surface area contributed by atoms with Gasteiger partial charge in [0.25, 0.3) is 0 Å². The van der Waals surface area contributed by atoms with E-state index < -0.39 is 0 Å². The Morgan fingerprint density at radius 1 is 1.40 bits per heavy atom. The molecule has 1 atom stereocenters. The first-order valence-electron chi connectivity index (χ1n) is 4.13. The highest BCUT2D eigenvalue weighted by Gasteiger charge is 1.96. The van der Waals surface area contributed by atoms with E-state index in [1.165, 1.54) is 25.0 Å². The normalized spacial score (nSPS) is 13.5. The molecule has 0 bridgehead atoms. The van der Waals surface area contributed by atoms with Gasteiger partial charge in [-0.1, -0.05) is 13.8 Å². The summed E-state index contributed by atoms with van der Waals surface area (Å²) in [5.41, 5.74) is 5.37. The van der Waals surface area contributed by atoms with Crippen molar-refractivity contribution in [3.8, 4) is 0 Å². The van der Waals surface area contributed by atoms with Crippen LogP contribution in [0, 0.1) is 0 Å². The number of thioether (sulfide) groups is 1. The summed E-state index contributed by atoms with van der Waals surface area (Å²) in [5, 5.41) is 0.831. The summed E-state index contributed by atoms with van der Waals surface area (Å²) in [4.78, 5) is 0. The topological polar surface area (TPSA) is 26.0 Å². The molecule has 10 heavy (non-hydrogen) atoms. The smallest absolute Gasteiger partial charge is 0.00160 e. The summed E-state index contributed by atoms with van der Waals surface area (Å²) < 4.78 is 0. The minimum atomic E-state index is 0.831. The van der Waals surface area contributed by atoms with Crippen molar-refractivity contribution in [1.82, 2.24) is 0 Å². The number of hydrogen-bond donors (Lipinski definition) is 1. The van der Waals surface area contributed by atoms with Crippen molar-refractivity contribution in [2.75, 3.05) is 12.3 Å². The molecule has 0 aromatic carbocycles. The van der Waals surface area contributed by atoms with Gasteiger partial charge in [-0.2, -0.15) is 11.8 Å². The fourth-order valence-electron chi connectivity index (χ4n) is 0.649. The first kappa shape index (κ1) is 10.3. The maximum Gasteiger partial charge on any atom is 0.00160 e. The second-order valence-corrected chi connectivity index (χ2v) is 4.13. The van der Waals surface area contributed by atoms with Crippen molar-refractivity contribution in [2.24, 2.45) is 5.73 Å². The molecular weight excluding hydrogens is 142 g/mol. The van der Waals surface area contributed by atoms with Crippen LogP contribution in [-0.2, 0) is 0 Å². The SMILES string of the molecule is CCC(C)SCCCCN. The molecule has 2 heteroatoms. The van der Waals surface area contributed by atoms with E-state index in [4.69, 9.17) is 5.73 Å². The summed E-state index contributed by atoms with van der Waals surface area (Å²) in [5.74, 6) is 1.28. The lowest BCUT2D eigenvalue weighted by atomic mass is 10.3. The van der Waals surface area contributed by atoms with Crippen LogP contribution in [0.15, 0.2) is 0 Å². The van der Waals surface area contributed by atoms with Gasteiger partial charge in [-0.15, -0.1) is 0 Å². The highest BCUT2D eigenvalue weighted by Crippen LogP contribution is 2.14. The van der Waals surface area contributed by atoms with Gasteiger partial charge in [-0.25, -0.2) is 0 Å². The van der Waals surface area contributed by atoms with Crippen molar-refractivity contribution < 1.29 is 0 Å². The van der Waals surface area contributed by atoms with Crippen molar-refractivity contribution in [3.05, 3.63) is 0 Å². The van der Waals surface area contributed by atoms with Gasteiger partial charge in [-0.05, 0) is 31.6 Å². The van der Waals surface area contributed by atoms with Crippen molar-refractivity contribution >= 4 is 11.8 Å². The molecular formula is C8H19NS. The van der Waals surface area contributed by atoms with Crippen LogP contribution in [0.2, 0.25) is 0 Å². The van der Waals surface area contributed by atoms with E-state index >= 15 is 0 Å². The summed E-state index contributed by atoms with van der Waals surface area (Å²) in [6, 6.07) is 0. The zero-order valence-electron chi connectivity index (χ0n) is 7.10. The summed E-state index contributed by atoms with van der Waals surface area (Å²) in [7, 11) is 0. The average Bonchev–Trinajstić information content (AvgIpc) is 1.98. The lowest BCUT2D eigenvalue weighted by Gasteiger charge is -2.06. The largest absolute Gasteiger partial charge is 0.330 e. The average molecular weight is 161 g/mol. The molecule has 0 aromatic rings. The molecule has 1 unspecified atom stereocenters. The standard InChI is InChI=1S/C8H19NS/c1-3-8(2)10-7-5-4-6-9/h8H,3-7,9H2,1-2H3. The molecule has 2 N–H and O–H groups in total. The minimum absolute atomic E-state index is 0.831. The van der Waals surface area contributed by atoms with Crippen LogP contribution in [0.25, 0.3) is 0 Å². The zero-order chi connectivity index (χ0) is 7.82. The van der Waals surface area contributed by atoms with E-state index in [0.717, 1.165) is 11.8 Å². The molecule has 0 aliphatic carbocycles. The minimum Gasteiger partial charge on any atom is -0.330 e. The zero-order valence-corrected chi connectivity index (χ0v) is 7.91. The third kappa shape index (κ3) is 6.43. The Kier molecular flexibility index (Phi) is 7.65. The Morgan fingerprint density at radius 3 is 2.60 bits per heavy atom. The monoisotopic (exact) mass is 161 g/mol. The van der Waals surface area contributed by atoms with Crippen LogP contribution < -0.4 is 5.73 Å². The van der Waals surface area contributed by atoms with E-state index in [1.54, 1.807) is 0 Å². The predicted molar refractivity (Wildman–Crippen MR) is 50.5 cm³/mol. The maximum atomic E-state index is 5.37. The van der Waals surface area contributed by atoms with Crippen LogP contribution >= 0.6 is 11.8 Å². The molecule has 1 nitrogen and oxygen atoms in total. The molecule has 0 amide bonds. The Morgan fingerprint density at radius 2 is 2.10 bits per heavy atom. The van der Waals surface area contributed by atoms with Crippen LogP contribution in [0.5, 0.6) is 0 Å². The third-order valence-corrected chi connectivity index (χ3v) is 3.00. The highest BCUT2D eigenvalue weighted by molar-refractivity contribution is 7.99. The van der Waals surface area contributed by atoms with Gasteiger partial charge in [0.1, 0.15) is 0 Å². The van der Waals surface area contributed by atoms with E-state index in [0.29, 0.717) is 0 Å². The van der Waals surface area contributed by atoms with Crippen LogP contribution in [-0.4, -0.2) is 17.5 Å². The highest BCUT2D eigenvalue weighted by atomic mass is 32.2. The van der Waals surface area contributed by atoms with Crippen molar-refractivity contribution in [1.29, 1.82) is 0 Å². The molecule has 0 radical (unpaired) electrons. The number of hydrogen-bond acceptors (Lipinski definition) is 2. The Hall–Kier alpha value is 0.310. The van der Waals surface area contributed by atoms with E-state index in [1.807, 2.05) is 0 Å². The van der Waals surface area contributed by atoms with Crippen molar-refractivity contribution in [3.63, 3.8) is 0 Å². The van der Waals surface area contributed by atoms with Gasteiger partial charge >= 0.3 is 0 Å². The fourth-order valence-corrected chi connectivity index (χ4v) is 1.66. The third-order valence-electron chi connectivity index (χ3n) is 1.58. The predicted octanol–water partition coefficient (Wildman–Crippen LogP) is 2.26. The van der Waals surface area contributed by atoms with Crippen LogP contribution in [0.3, 0.4) is 0 Å². The second-order valence-electron chi connectivity index (χ2n) is 2.59. The van der Waals surface area contributed by atoms with Gasteiger partial charge < -0.3 is 5.73 Å². The summed E-state index contributed by atoms with van der Waals surface area (Å²) >= 11 is 2.06.